The van der Waals surface area contributed by atoms with Gasteiger partial charge in [0.25, 0.3) is 0 Å². The zero-order chi connectivity index (χ0) is 18.4. The van der Waals surface area contributed by atoms with Crippen molar-refractivity contribution in [1.82, 2.24) is 15.5 Å². The van der Waals surface area contributed by atoms with Gasteiger partial charge in [0.05, 0.1) is 3.79 Å². The average Bonchev–Trinajstić information content (AvgIpc) is 3.30. The van der Waals surface area contributed by atoms with E-state index in [0.717, 1.165) is 51.3 Å². The molecule has 2 N–H and O–H groups in total. The number of thiophene rings is 1. The molecule has 1 saturated heterocycles. The molecule has 1 saturated carbocycles. The normalized spacial score (nSPS) is 21.8. The first-order valence-electron chi connectivity index (χ1n) is 9.66. The van der Waals surface area contributed by atoms with Crippen LogP contribution in [0.15, 0.2) is 20.9 Å². The van der Waals surface area contributed by atoms with Crippen molar-refractivity contribution < 1.29 is 4.79 Å². The molecule has 0 radical (unpaired) electrons. The van der Waals surface area contributed by atoms with E-state index in [1.54, 1.807) is 18.4 Å². The third-order valence-corrected chi connectivity index (χ3v) is 6.99. The molecule has 1 aromatic heterocycles. The number of amides is 1. The van der Waals surface area contributed by atoms with Crippen LogP contribution in [0.4, 0.5) is 0 Å². The van der Waals surface area contributed by atoms with Gasteiger partial charge in [-0.1, -0.05) is 19.3 Å². The van der Waals surface area contributed by atoms with Crippen LogP contribution < -0.4 is 10.6 Å². The number of hydrogen-bond acceptors (Lipinski definition) is 3. The number of likely N-dealkylation sites (tertiary alicyclic amines) is 1. The average molecular weight is 441 g/mol. The van der Waals surface area contributed by atoms with Crippen LogP contribution in [-0.2, 0) is 11.2 Å². The van der Waals surface area contributed by atoms with E-state index < -0.39 is 0 Å². The van der Waals surface area contributed by atoms with Crippen molar-refractivity contribution >= 4 is 39.1 Å². The second kappa shape index (κ2) is 9.74. The Morgan fingerprint density at radius 2 is 2.12 bits per heavy atom. The minimum atomic E-state index is 0.269. The number of nitrogens with one attached hydrogen (secondary N) is 2. The lowest BCUT2D eigenvalue weighted by molar-refractivity contribution is -0.135. The van der Waals surface area contributed by atoms with E-state index >= 15 is 0 Å². The fraction of sp³-hybridized carbons (Fsp3) is 0.684. The van der Waals surface area contributed by atoms with Crippen LogP contribution in [0.5, 0.6) is 0 Å². The van der Waals surface area contributed by atoms with Gasteiger partial charge in [-0.05, 0) is 53.7 Å². The molecule has 2 aliphatic rings. The Bertz CT molecular complexity index is 627. The predicted molar refractivity (Wildman–Crippen MR) is 112 cm³/mol. The summed E-state index contributed by atoms with van der Waals surface area (Å²) in [6, 6.07) is 4.53. The molecular formula is C19H29BrN4OS. The van der Waals surface area contributed by atoms with E-state index in [-0.39, 0.29) is 5.92 Å². The zero-order valence-corrected chi connectivity index (χ0v) is 17.9. The lowest BCUT2D eigenvalue weighted by Crippen LogP contribution is -2.46. The van der Waals surface area contributed by atoms with Crippen LogP contribution in [0.2, 0.25) is 0 Å². The molecular weight excluding hydrogens is 412 g/mol. The van der Waals surface area contributed by atoms with E-state index in [9.17, 15) is 4.79 Å². The largest absolute Gasteiger partial charge is 0.356 e. The summed E-state index contributed by atoms with van der Waals surface area (Å²) < 4.78 is 1.17. The quantitative estimate of drug-likeness (QED) is 0.544. The summed E-state index contributed by atoms with van der Waals surface area (Å²) in [5, 5.41) is 6.87. The summed E-state index contributed by atoms with van der Waals surface area (Å²) in [6.07, 6.45) is 7.85. The summed E-state index contributed by atoms with van der Waals surface area (Å²) in [7, 11) is 1.80. The number of halogens is 1. The van der Waals surface area contributed by atoms with Gasteiger partial charge in [-0.2, -0.15) is 0 Å². The molecule has 3 rings (SSSR count). The van der Waals surface area contributed by atoms with E-state index in [0.29, 0.717) is 11.9 Å². The molecule has 1 atom stereocenters. The van der Waals surface area contributed by atoms with Crippen molar-refractivity contribution in [3.05, 3.63) is 20.8 Å². The van der Waals surface area contributed by atoms with Gasteiger partial charge in [-0.3, -0.25) is 9.79 Å². The first kappa shape index (κ1) is 19.7. The Morgan fingerprint density at radius 1 is 1.31 bits per heavy atom. The summed E-state index contributed by atoms with van der Waals surface area (Å²) in [6.45, 7) is 2.52. The number of nitrogens with zero attached hydrogens (tertiary/aromatic N) is 2. The molecule has 144 valence electrons. The topological polar surface area (TPSA) is 56.7 Å². The molecule has 1 aromatic rings. The molecule has 1 amide bonds. The van der Waals surface area contributed by atoms with Gasteiger partial charge >= 0.3 is 0 Å². The Balaban J connectivity index is 1.40. The predicted octanol–water partition coefficient (Wildman–Crippen LogP) is 3.40. The first-order valence-corrected chi connectivity index (χ1v) is 11.3. The highest BCUT2D eigenvalue weighted by molar-refractivity contribution is 9.11. The van der Waals surface area contributed by atoms with Crippen LogP contribution >= 0.6 is 27.3 Å². The lowest BCUT2D eigenvalue weighted by Gasteiger charge is -2.26. The molecule has 1 unspecified atom stereocenters. The van der Waals surface area contributed by atoms with Crippen molar-refractivity contribution in [3.8, 4) is 0 Å². The molecule has 7 heteroatoms. The smallest absolute Gasteiger partial charge is 0.225 e. The Morgan fingerprint density at radius 3 is 2.81 bits per heavy atom. The van der Waals surface area contributed by atoms with Crippen molar-refractivity contribution in [2.45, 2.75) is 51.0 Å². The third-order valence-electron chi connectivity index (χ3n) is 5.31. The molecule has 2 fully saturated rings. The monoisotopic (exact) mass is 440 g/mol. The van der Waals surface area contributed by atoms with E-state index in [4.69, 9.17) is 0 Å². The van der Waals surface area contributed by atoms with Gasteiger partial charge in [0.2, 0.25) is 5.91 Å². The number of aliphatic imine (C=N–C) groups is 1. The first-order chi connectivity index (χ1) is 12.7. The standard InChI is InChI=1S/C19H29BrN4OS/c1-21-19(22-11-9-16-7-8-17(20)26-16)23-15-10-12-24(13-15)18(25)14-5-3-2-4-6-14/h7-8,14-15H,2-6,9-13H2,1H3,(H2,21,22,23). The van der Waals surface area contributed by atoms with Gasteiger partial charge in [-0.15, -0.1) is 11.3 Å². The minimum absolute atomic E-state index is 0.269. The van der Waals surface area contributed by atoms with E-state index in [1.165, 1.54) is 27.9 Å². The molecule has 1 aliphatic heterocycles. The van der Waals surface area contributed by atoms with Gasteiger partial charge in [-0.25, -0.2) is 0 Å². The van der Waals surface area contributed by atoms with E-state index in [1.807, 2.05) is 0 Å². The fourth-order valence-corrected chi connectivity index (χ4v) is 5.35. The molecule has 26 heavy (non-hydrogen) atoms. The molecule has 0 spiro atoms. The van der Waals surface area contributed by atoms with Crippen LogP contribution in [0, 0.1) is 5.92 Å². The van der Waals surface area contributed by atoms with Crippen molar-refractivity contribution in [2.24, 2.45) is 10.9 Å². The maximum atomic E-state index is 12.7. The SMILES string of the molecule is CN=C(NCCc1ccc(Br)s1)NC1CCN(C(=O)C2CCCCC2)C1. The maximum Gasteiger partial charge on any atom is 0.225 e. The Labute approximate surface area is 168 Å². The third kappa shape index (κ3) is 5.46. The van der Waals surface area contributed by atoms with Crippen LogP contribution in [-0.4, -0.2) is 49.5 Å². The maximum absolute atomic E-state index is 12.7. The van der Waals surface area contributed by atoms with Crippen molar-refractivity contribution in [2.75, 3.05) is 26.7 Å². The van der Waals surface area contributed by atoms with Crippen LogP contribution in [0.3, 0.4) is 0 Å². The summed E-state index contributed by atoms with van der Waals surface area (Å²) in [4.78, 5) is 20.4. The Kier molecular flexibility index (Phi) is 7.37. The number of carbonyl (C=O) groups is 1. The summed E-state index contributed by atoms with van der Waals surface area (Å²) in [5.74, 6) is 1.47. The lowest BCUT2D eigenvalue weighted by atomic mass is 9.88. The van der Waals surface area contributed by atoms with Gasteiger partial charge in [0, 0.05) is 43.5 Å². The number of guanidine groups is 1. The molecule has 0 bridgehead atoms. The van der Waals surface area contributed by atoms with Crippen molar-refractivity contribution in [1.29, 1.82) is 0 Å². The number of carbonyl (C=O) groups excluding carboxylic acids is 1. The Hall–Kier alpha value is -1.08. The summed E-state index contributed by atoms with van der Waals surface area (Å²) >= 11 is 5.27. The van der Waals surface area contributed by atoms with E-state index in [2.05, 4.69) is 48.6 Å². The highest BCUT2D eigenvalue weighted by Gasteiger charge is 2.31. The van der Waals surface area contributed by atoms with Crippen LogP contribution in [0.1, 0.15) is 43.4 Å². The van der Waals surface area contributed by atoms with Crippen LogP contribution in [0.25, 0.3) is 0 Å². The van der Waals surface area contributed by atoms with Gasteiger partial charge < -0.3 is 15.5 Å². The van der Waals surface area contributed by atoms with Gasteiger partial charge in [0.1, 0.15) is 0 Å². The highest BCUT2D eigenvalue weighted by Crippen LogP contribution is 2.26. The van der Waals surface area contributed by atoms with Crippen molar-refractivity contribution in [3.63, 3.8) is 0 Å². The molecule has 0 aromatic carbocycles. The number of rotatable bonds is 5. The molecule has 2 heterocycles. The second-order valence-corrected chi connectivity index (χ2v) is 9.75. The zero-order valence-electron chi connectivity index (χ0n) is 15.5. The summed E-state index contributed by atoms with van der Waals surface area (Å²) in [5.41, 5.74) is 0. The fourth-order valence-electron chi connectivity index (χ4n) is 3.86. The molecule has 5 nitrogen and oxygen atoms in total. The number of hydrogen-bond donors (Lipinski definition) is 2. The highest BCUT2D eigenvalue weighted by atomic mass is 79.9. The molecule has 1 aliphatic carbocycles. The van der Waals surface area contributed by atoms with Gasteiger partial charge in [0.15, 0.2) is 5.96 Å². The minimum Gasteiger partial charge on any atom is -0.356 e. The second-order valence-electron chi connectivity index (χ2n) is 7.20.